The molecule has 2 aromatic carbocycles. The third-order valence-electron chi connectivity index (χ3n) is 3.41. The Bertz CT molecular complexity index is 654. The van der Waals surface area contributed by atoms with Crippen molar-refractivity contribution in [2.24, 2.45) is 0 Å². The lowest BCUT2D eigenvalue weighted by molar-refractivity contribution is 0.0979. The van der Waals surface area contributed by atoms with E-state index in [1.807, 2.05) is 30.3 Å². The first-order valence-electron chi connectivity index (χ1n) is 6.31. The number of hydrogen-bond donors (Lipinski definition) is 1. The number of aliphatic hydroxyl groups is 1. The van der Waals surface area contributed by atoms with E-state index in [9.17, 15) is 5.11 Å². The van der Waals surface area contributed by atoms with Crippen LogP contribution >= 0.6 is 31.9 Å². The highest BCUT2D eigenvalue weighted by atomic mass is 79.9. The van der Waals surface area contributed by atoms with E-state index in [0.29, 0.717) is 21.5 Å². The predicted octanol–water partition coefficient (Wildman–Crippen LogP) is 4.48. The second-order valence-corrected chi connectivity index (χ2v) is 6.36. The van der Waals surface area contributed by atoms with Crippen molar-refractivity contribution >= 4 is 31.9 Å². The lowest BCUT2D eigenvalue weighted by Crippen LogP contribution is -2.24. The van der Waals surface area contributed by atoms with E-state index in [2.05, 4.69) is 31.9 Å². The average molecular weight is 416 g/mol. The Morgan fingerprint density at radius 1 is 0.952 bits per heavy atom. The summed E-state index contributed by atoms with van der Waals surface area (Å²) in [6, 6.07) is 11.2. The van der Waals surface area contributed by atoms with Gasteiger partial charge in [0.05, 0.1) is 14.2 Å². The van der Waals surface area contributed by atoms with Gasteiger partial charge in [-0.25, -0.2) is 0 Å². The molecule has 0 heterocycles. The summed E-state index contributed by atoms with van der Waals surface area (Å²) in [6.45, 7) is 1.74. The van der Waals surface area contributed by atoms with E-state index in [-0.39, 0.29) is 0 Å². The highest BCUT2D eigenvalue weighted by Crippen LogP contribution is 2.44. The molecule has 1 unspecified atom stereocenters. The molecule has 0 fully saturated rings. The van der Waals surface area contributed by atoms with Crippen LogP contribution in [0.4, 0.5) is 0 Å². The van der Waals surface area contributed by atoms with Crippen LogP contribution in [0.1, 0.15) is 18.1 Å². The quantitative estimate of drug-likeness (QED) is 0.799. The smallest absolute Gasteiger partial charge is 0.143 e. The van der Waals surface area contributed by atoms with Crippen LogP contribution in [0.15, 0.2) is 45.3 Å². The third kappa shape index (κ3) is 2.96. The van der Waals surface area contributed by atoms with Crippen LogP contribution in [0.25, 0.3) is 0 Å². The molecule has 5 heteroatoms. The molecule has 0 aliphatic rings. The molecular weight excluding hydrogens is 400 g/mol. The fourth-order valence-corrected chi connectivity index (χ4v) is 3.62. The van der Waals surface area contributed by atoms with E-state index >= 15 is 0 Å². The summed E-state index contributed by atoms with van der Waals surface area (Å²) < 4.78 is 12.2. The predicted molar refractivity (Wildman–Crippen MR) is 90.1 cm³/mol. The molecule has 0 bridgehead atoms. The van der Waals surface area contributed by atoms with Gasteiger partial charge in [0, 0.05) is 15.6 Å². The first kappa shape index (κ1) is 16.3. The Morgan fingerprint density at radius 3 is 2.19 bits per heavy atom. The Hall–Kier alpha value is -1.04. The summed E-state index contributed by atoms with van der Waals surface area (Å²) in [7, 11) is 3.16. The fourth-order valence-electron chi connectivity index (χ4n) is 2.28. The number of ether oxygens (including phenoxy) is 2. The van der Waals surface area contributed by atoms with Gasteiger partial charge in [-0.05, 0) is 41.1 Å². The summed E-state index contributed by atoms with van der Waals surface area (Å²) in [5, 5.41) is 11.1. The molecule has 0 saturated heterocycles. The molecule has 0 aliphatic heterocycles. The maximum atomic E-state index is 11.1. The zero-order valence-electron chi connectivity index (χ0n) is 12.0. The monoisotopic (exact) mass is 414 g/mol. The van der Waals surface area contributed by atoms with Crippen molar-refractivity contribution in [3.05, 3.63) is 56.5 Å². The van der Waals surface area contributed by atoms with Crippen molar-refractivity contribution in [2.75, 3.05) is 14.2 Å². The largest absolute Gasteiger partial charge is 0.495 e. The zero-order chi connectivity index (χ0) is 15.6. The maximum absolute atomic E-state index is 11.1. The van der Waals surface area contributed by atoms with Crippen LogP contribution in [0, 0.1) is 0 Å². The minimum absolute atomic E-state index is 0.551. The average Bonchev–Trinajstić information content (AvgIpc) is 2.47. The molecule has 0 amide bonds. The molecule has 0 aliphatic carbocycles. The molecule has 0 spiro atoms. The minimum atomic E-state index is -1.21. The number of benzene rings is 2. The van der Waals surface area contributed by atoms with E-state index in [1.54, 1.807) is 27.2 Å². The van der Waals surface area contributed by atoms with Gasteiger partial charge in [0.1, 0.15) is 21.6 Å². The molecule has 112 valence electrons. The number of hydrogen-bond acceptors (Lipinski definition) is 3. The number of halogens is 2. The Kier molecular flexibility index (Phi) is 4.96. The fraction of sp³-hybridized carbons (Fsp3) is 0.250. The van der Waals surface area contributed by atoms with Crippen molar-refractivity contribution < 1.29 is 14.6 Å². The van der Waals surface area contributed by atoms with Gasteiger partial charge < -0.3 is 14.6 Å². The van der Waals surface area contributed by atoms with Crippen molar-refractivity contribution in [3.63, 3.8) is 0 Å². The summed E-state index contributed by atoms with van der Waals surface area (Å²) in [5.41, 5.74) is 0.213. The second kappa shape index (κ2) is 6.38. The van der Waals surface area contributed by atoms with E-state index in [0.717, 1.165) is 10.0 Å². The normalized spacial score (nSPS) is 13.6. The van der Waals surface area contributed by atoms with E-state index in [1.165, 1.54) is 0 Å². The SMILES string of the molecule is COc1ccc(C(C)(O)c2ccccc2Br)c(OC)c1Br. The molecule has 3 nitrogen and oxygen atoms in total. The van der Waals surface area contributed by atoms with E-state index < -0.39 is 5.60 Å². The molecule has 2 aromatic rings. The van der Waals surface area contributed by atoms with Gasteiger partial charge in [0.2, 0.25) is 0 Å². The molecule has 0 saturated carbocycles. The molecule has 0 aromatic heterocycles. The second-order valence-electron chi connectivity index (χ2n) is 4.71. The lowest BCUT2D eigenvalue weighted by atomic mass is 9.87. The number of methoxy groups -OCH3 is 2. The minimum Gasteiger partial charge on any atom is -0.495 e. The van der Waals surface area contributed by atoms with Crippen LogP contribution in [0.5, 0.6) is 11.5 Å². The summed E-state index contributed by atoms with van der Waals surface area (Å²) >= 11 is 6.95. The van der Waals surface area contributed by atoms with Gasteiger partial charge in [-0.15, -0.1) is 0 Å². The molecular formula is C16H16Br2O3. The Morgan fingerprint density at radius 2 is 1.62 bits per heavy atom. The Labute approximate surface area is 141 Å². The van der Waals surface area contributed by atoms with Gasteiger partial charge in [-0.2, -0.15) is 0 Å². The topological polar surface area (TPSA) is 38.7 Å². The van der Waals surface area contributed by atoms with Crippen molar-refractivity contribution in [1.29, 1.82) is 0 Å². The molecule has 0 radical (unpaired) electrons. The maximum Gasteiger partial charge on any atom is 0.143 e. The molecule has 1 N–H and O–H groups in total. The summed E-state index contributed by atoms with van der Waals surface area (Å²) in [5.74, 6) is 1.20. The van der Waals surface area contributed by atoms with Gasteiger partial charge in [0.25, 0.3) is 0 Å². The van der Waals surface area contributed by atoms with Gasteiger partial charge in [-0.1, -0.05) is 34.1 Å². The standard InChI is InChI=1S/C16H16Br2O3/c1-16(19,10-6-4-5-7-12(10)17)11-8-9-13(20-2)14(18)15(11)21-3/h4-9,19H,1-3H3. The van der Waals surface area contributed by atoms with Crippen molar-refractivity contribution in [1.82, 2.24) is 0 Å². The van der Waals surface area contributed by atoms with Gasteiger partial charge in [0.15, 0.2) is 0 Å². The van der Waals surface area contributed by atoms with E-state index in [4.69, 9.17) is 9.47 Å². The Balaban J connectivity index is 2.65. The first-order chi connectivity index (χ1) is 9.93. The van der Waals surface area contributed by atoms with Crippen LogP contribution in [0.3, 0.4) is 0 Å². The third-order valence-corrected chi connectivity index (χ3v) is 4.85. The van der Waals surface area contributed by atoms with Crippen molar-refractivity contribution in [2.45, 2.75) is 12.5 Å². The van der Waals surface area contributed by atoms with Gasteiger partial charge >= 0.3 is 0 Å². The summed E-state index contributed by atoms with van der Waals surface area (Å²) in [4.78, 5) is 0. The highest BCUT2D eigenvalue weighted by molar-refractivity contribution is 9.11. The van der Waals surface area contributed by atoms with Crippen molar-refractivity contribution in [3.8, 4) is 11.5 Å². The van der Waals surface area contributed by atoms with Crippen LogP contribution in [-0.2, 0) is 5.60 Å². The van der Waals surface area contributed by atoms with Crippen LogP contribution < -0.4 is 9.47 Å². The number of rotatable bonds is 4. The van der Waals surface area contributed by atoms with Crippen LogP contribution in [-0.4, -0.2) is 19.3 Å². The summed E-state index contributed by atoms with van der Waals surface area (Å²) in [6.07, 6.45) is 0. The van der Waals surface area contributed by atoms with Gasteiger partial charge in [-0.3, -0.25) is 0 Å². The first-order valence-corrected chi connectivity index (χ1v) is 7.90. The molecule has 2 rings (SSSR count). The molecule has 21 heavy (non-hydrogen) atoms. The highest BCUT2D eigenvalue weighted by Gasteiger charge is 2.32. The molecule has 1 atom stereocenters. The zero-order valence-corrected chi connectivity index (χ0v) is 15.2. The lowest BCUT2D eigenvalue weighted by Gasteiger charge is -2.28. The van der Waals surface area contributed by atoms with Crippen LogP contribution in [0.2, 0.25) is 0 Å².